The lowest BCUT2D eigenvalue weighted by molar-refractivity contribution is -0.144. The van der Waals surface area contributed by atoms with E-state index in [2.05, 4.69) is 29.1 Å². The van der Waals surface area contributed by atoms with Gasteiger partial charge in [-0.05, 0) is 66.1 Å². The van der Waals surface area contributed by atoms with Crippen molar-refractivity contribution in [1.29, 1.82) is 0 Å². The molecule has 2 bridgehead atoms. The first-order chi connectivity index (χ1) is 25.3. The summed E-state index contributed by atoms with van der Waals surface area (Å²) in [4.78, 5) is 49.7. The fourth-order valence-electron chi connectivity index (χ4n) is 8.46. The summed E-state index contributed by atoms with van der Waals surface area (Å²) < 4.78 is 12.5. The summed E-state index contributed by atoms with van der Waals surface area (Å²) in [5.41, 5.74) is 0.574. The van der Waals surface area contributed by atoms with Gasteiger partial charge < -0.3 is 29.3 Å². The van der Waals surface area contributed by atoms with Gasteiger partial charge in [-0.25, -0.2) is 0 Å². The Balaban J connectivity index is 1.34. The number of rotatable bonds is 13. The second kappa shape index (κ2) is 14.7. The first-order valence-corrected chi connectivity index (χ1v) is 18.6. The van der Waals surface area contributed by atoms with E-state index in [-0.39, 0.29) is 29.7 Å². The SMILES string of the molecule is C=CCN(C(=O)C1N([C@H](CO)c2ccccc2)C(=O)[C@@H]2[C@@H](C(=O)N(CC=C)c3ccc(OCC)cc3)[C@@H]3OC12CC3Br)c1ccc2ccccc2c1. The molecule has 9 nitrogen and oxygen atoms in total. The maximum absolute atomic E-state index is 15.3. The molecule has 3 aliphatic heterocycles. The van der Waals surface area contributed by atoms with Gasteiger partial charge in [0.2, 0.25) is 11.8 Å². The van der Waals surface area contributed by atoms with Gasteiger partial charge in [-0.15, -0.1) is 13.2 Å². The minimum Gasteiger partial charge on any atom is -0.494 e. The van der Waals surface area contributed by atoms with Gasteiger partial charge in [-0.2, -0.15) is 0 Å². The topological polar surface area (TPSA) is 99.6 Å². The van der Waals surface area contributed by atoms with Gasteiger partial charge >= 0.3 is 0 Å². The van der Waals surface area contributed by atoms with E-state index in [4.69, 9.17) is 9.47 Å². The molecule has 3 amide bonds. The van der Waals surface area contributed by atoms with Gasteiger partial charge in [0.25, 0.3) is 5.91 Å². The Kier molecular flexibility index (Phi) is 10.1. The summed E-state index contributed by atoms with van der Waals surface area (Å²) in [5.74, 6) is -2.30. The second-order valence-corrected chi connectivity index (χ2v) is 14.6. The van der Waals surface area contributed by atoms with Gasteiger partial charge in [-0.1, -0.05) is 88.7 Å². The van der Waals surface area contributed by atoms with Gasteiger partial charge in [0.15, 0.2) is 0 Å². The maximum Gasteiger partial charge on any atom is 0.253 e. The molecule has 4 aromatic rings. The van der Waals surface area contributed by atoms with Crippen LogP contribution in [0.1, 0.15) is 24.9 Å². The van der Waals surface area contributed by atoms with E-state index in [0.29, 0.717) is 35.7 Å². The van der Waals surface area contributed by atoms with Crippen LogP contribution in [0.2, 0.25) is 0 Å². The lowest BCUT2D eigenvalue weighted by atomic mass is 9.70. The molecule has 7 rings (SSSR count). The van der Waals surface area contributed by atoms with Crippen molar-refractivity contribution in [1.82, 2.24) is 4.90 Å². The monoisotopic (exact) mass is 763 g/mol. The molecular weight excluding hydrogens is 722 g/mol. The van der Waals surface area contributed by atoms with Crippen molar-refractivity contribution in [3.63, 3.8) is 0 Å². The predicted molar refractivity (Wildman–Crippen MR) is 205 cm³/mol. The Morgan fingerprint density at radius 3 is 2.23 bits per heavy atom. The standard InChI is InChI=1S/C42H42BrN3O6/c1-4-22-44(30-18-20-32(21-19-30)51-6-3)39(48)35-36-40(49)46(34(26-47)28-13-8-7-9-14-28)38(42(36)25-33(43)37(35)52-42)41(50)45(23-5-2)31-17-16-27-12-10-11-15-29(27)24-31/h4-5,7-21,24,33-38,47H,1-2,6,22-23,25-26H2,3H3/t33?,34-,35-,36+,37-,38?,42?/m1/s1. The van der Waals surface area contributed by atoms with Crippen LogP contribution in [0, 0.1) is 11.8 Å². The molecule has 0 aromatic heterocycles. The second-order valence-electron chi connectivity index (χ2n) is 13.5. The van der Waals surface area contributed by atoms with Crippen LogP contribution in [0.5, 0.6) is 5.75 Å². The fraction of sp³-hybridized carbons (Fsp3) is 0.310. The van der Waals surface area contributed by atoms with Crippen LogP contribution < -0.4 is 14.5 Å². The van der Waals surface area contributed by atoms with Crippen molar-refractivity contribution in [3.05, 3.63) is 128 Å². The zero-order valence-corrected chi connectivity index (χ0v) is 30.6. The molecule has 1 spiro atoms. The van der Waals surface area contributed by atoms with E-state index in [0.717, 1.165) is 10.8 Å². The number of fused-ring (bicyclic) bond motifs is 2. The number of nitrogens with zero attached hydrogens (tertiary/aromatic N) is 3. The van der Waals surface area contributed by atoms with Crippen LogP contribution >= 0.6 is 15.9 Å². The highest BCUT2D eigenvalue weighted by Crippen LogP contribution is 2.61. The third-order valence-electron chi connectivity index (χ3n) is 10.6. The zero-order valence-electron chi connectivity index (χ0n) is 29.0. The van der Waals surface area contributed by atoms with Crippen molar-refractivity contribution < 1.29 is 29.0 Å². The average Bonchev–Trinajstić information content (AvgIpc) is 3.76. The van der Waals surface area contributed by atoms with Crippen molar-refractivity contribution in [3.8, 4) is 5.75 Å². The normalized spacial score (nSPS) is 25.1. The van der Waals surface area contributed by atoms with E-state index in [1.807, 2.05) is 91.9 Å². The smallest absolute Gasteiger partial charge is 0.253 e. The Bertz CT molecular complexity index is 1990. The van der Waals surface area contributed by atoms with Crippen LogP contribution in [0.3, 0.4) is 0 Å². The van der Waals surface area contributed by atoms with Crippen molar-refractivity contribution >= 4 is 55.8 Å². The summed E-state index contributed by atoms with van der Waals surface area (Å²) in [5, 5.41) is 13.0. The maximum atomic E-state index is 15.3. The van der Waals surface area contributed by atoms with Crippen molar-refractivity contribution in [2.75, 3.05) is 36.1 Å². The molecule has 0 saturated carbocycles. The van der Waals surface area contributed by atoms with Crippen LogP contribution in [0.25, 0.3) is 10.8 Å². The average molecular weight is 765 g/mol. The summed E-state index contributed by atoms with van der Waals surface area (Å²) in [6, 6.07) is 28.1. The highest BCUT2D eigenvalue weighted by atomic mass is 79.9. The van der Waals surface area contributed by atoms with Crippen LogP contribution in [-0.4, -0.2) is 76.6 Å². The van der Waals surface area contributed by atoms with Gasteiger partial charge in [0, 0.05) is 29.3 Å². The number of carbonyl (C=O) groups is 3. The van der Waals surface area contributed by atoms with Gasteiger partial charge in [0.1, 0.15) is 17.4 Å². The molecule has 3 unspecified atom stereocenters. The molecule has 7 atom stereocenters. The number of halogens is 1. The number of carbonyl (C=O) groups excluding carboxylic acids is 3. The fourth-order valence-corrected chi connectivity index (χ4v) is 9.40. The Labute approximate surface area is 312 Å². The molecule has 0 radical (unpaired) electrons. The van der Waals surface area contributed by atoms with Crippen LogP contribution in [0.4, 0.5) is 11.4 Å². The molecule has 1 N–H and O–H groups in total. The summed E-state index contributed by atoms with van der Waals surface area (Å²) in [6.45, 7) is 10.2. The number of aliphatic hydroxyl groups excluding tert-OH is 1. The summed E-state index contributed by atoms with van der Waals surface area (Å²) in [6.07, 6.45) is 2.95. The molecule has 268 valence electrons. The Morgan fingerprint density at radius 1 is 0.942 bits per heavy atom. The van der Waals surface area contributed by atoms with Crippen LogP contribution in [0.15, 0.2) is 122 Å². The molecule has 3 saturated heterocycles. The number of alkyl halides is 1. The van der Waals surface area contributed by atoms with Gasteiger partial charge in [0.05, 0.1) is 37.2 Å². The minimum absolute atomic E-state index is 0.167. The van der Waals surface area contributed by atoms with Crippen molar-refractivity contribution in [2.24, 2.45) is 11.8 Å². The summed E-state index contributed by atoms with van der Waals surface area (Å²) >= 11 is 3.81. The molecule has 3 fully saturated rings. The zero-order chi connectivity index (χ0) is 36.6. The minimum atomic E-state index is -1.36. The van der Waals surface area contributed by atoms with E-state index >= 15 is 9.59 Å². The van der Waals surface area contributed by atoms with Crippen molar-refractivity contribution in [2.45, 2.75) is 42.0 Å². The number of hydrogen-bond acceptors (Lipinski definition) is 6. The highest BCUT2D eigenvalue weighted by Gasteiger charge is 2.77. The predicted octanol–water partition coefficient (Wildman–Crippen LogP) is 6.46. The molecule has 0 aliphatic carbocycles. The number of hydrogen-bond donors (Lipinski definition) is 1. The lowest BCUT2D eigenvalue weighted by Crippen LogP contribution is -2.58. The number of benzene rings is 4. The van der Waals surface area contributed by atoms with Crippen LogP contribution in [-0.2, 0) is 19.1 Å². The number of amides is 3. The number of ether oxygens (including phenoxy) is 2. The Morgan fingerprint density at radius 2 is 1.58 bits per heavy atom. The number of likely N-dealkylation sites (tertiary alicyclic amines) is 1. The first-order valence-electron chi connectivity index (χ1n) is 17.6. The lowest BCUT2D eigenvalue weighted by Gasteiger charge is -2.39. The van der Waals surface area contributed by atoms with E-state index < -0.39 is 48.1 Å². The molecule has 10 heteroatoms. The number of anilines is 2. The molecular formula is C42H42BrN3O6. The largest absolute Gasteiger partial charge is 0.494 e. The molecule has 3 heterocycles. The summed E-state index contributed by atoms with van der Waals surface area (Å²) in [7, 11) is 0. The number of aliphatic hydroxyl groups is 1. The highest BCUT2D eigenvalue weighted by molar-refractivity contribution is 9.09. The van der Waals surface area contributed by atoms with E-state index in [9.17, 15) is 9.90 Å². The third kappa shape index (κ3) is 5.92. The first kappa shape index (κ1) is 35.6. The molecule has 52 heavy (non-hydrogen) atoms. The third-order valence-corrected chi connectivity index (χ3v) is 11.4. The quantitative estimate of drug-likeness (QED) is 0.124. The molecule has 4 aromatic carbocycles. The van der Waals surface area contributed by atoms with E-state index in [1.165, 1.54) is 4.90 Å². The Hall–Kier alpha value is -4.77. The van der Waals surface area contributed by atoms with E-state index in [1.54, 1.807) is 34.1 Å². The van der Waals surface area contributed by atoms with Gasteiger partial charge in [-0.3, -0.25) is 14.4 Å². The molecule has 3 aliphatic rings.